The Morgan fingerprint density at radius 2 is 1.72 bits per heavy atom. The molecule has 36 heavy (non-hydrogen) atoms. The number of carbonyl (C=O) groups is 1. The van der Waals surface area contributed by atoms with E-state index in [4.69, 9.17) is 5.41 Å². The van der Waals surface area contributed by atoms with Crippen LogP contribution in [0.5, 0.6) is 0 Å². The zero-order chi connectivity index (χ0) is 24.8. The molecule has 2 aliphatic heterocycles. The second-order valence-corrected chi connectivity index (χ2v) is 9.90. The number of nitrogens with zero attached hydrogens (tertiary/aromatic N) is 4. The highest BCUT2D eigenvalue weighted by Gasteiger charge is 2.36. The van der Waals surface area contributed by atoms with Gasteiger partial charge in [0.05, 0.1) is 5.57 Å². The number of aromatic nitrogens is 1. The number of fused-ring (bicyclic) bond motifs is 2. The normalized spacial score (nSPS) is 16.5. The van der Waals surface area contributed by atoms with Crippen LogP contribution in [0.2, 0.25) is 0 Å². The molecular formula is C29H23N5OS. The second kappa shape index (κ2) is 8.77. The molecule has 0 radical (unpaired) electrons. The molecule has 0 bridgehead atoms. The number of thioether (sulfide) groups is 1. The first-order valence-electron chi connectivity index (χ1n) is 11.7. The highest BCUT2D eigenvalue weighted by atomic mass is 32.2. The van der Waals surface area contributed by atoms with Gasteiger partial charge in [-0.3, -0.25) is 10.2 Å². The zero-order valence-corrected chi connectivity index (χ0v) is 20.7. The highest BCUT2D eigenvalue weighted by molar-refractivity contribution is 8.27. The summed E-state index contributed by atoms with van der Waals surface area (Å²) in [4.78, 5) is 17.3. The van der Waals surface area contributed by atoms with Gasteiger partial charge in [0, 0.05) is 34.8 Å². The number of carbonyl (C=O) groups excluding carboxylic acids is 1. The van der Waals surface area contributed by atoms with Gasteiger partial charge < -0.3 is 4.57 Å². The van der Waals surface area contributed by atoms with Crippen LogP contribution in [-0.2, 0) is 11.3 Å². The third kappa shape index (κ3) is 3.87. The third-order valence-corrected chi connectivity index (χ3v) is 7.43. The molecule has 0 fully saturated rings. The predicted molar refractivity (Wildman–Crippen MR) is 148 cm³/mol. The predicted octanol–water partition coefficient (Wildman–Crippen LogP) is 5.97. The Morgan fingerprint density at radius 1 is 0.972 bits per heavy atom. The van der Waals surface area contributed by atoms with E-state index in [2.05, 4.69) is 39.8 Å². The van der Waals surface area contributed by atoms with Crippen LogP contribution in [-0.4, -0.2) is 31.5 Å². The van der Waals surface area contributed by atoms with Gasteiger partial charge in [0.1, 0.15) is 5.04 Å². The number of rotatable bonds is 4. The van der Waals surface area contributed by atoms with Gasteiger partial charge in [-0.25, -0.2) is 0 Å². The first-order chi connectivity index (χ1) is 17.5. The molecule has 0 spiro atoms. The van der Waals surface area contributed by atoms with Crippen LogP contribution in [0, 0.1) is 19.3 Å². The number of aliphatic imine (C=N–C) groups is 1. The summed E-state index contributed by atoms with van der Waals surface area (Å²) in [5, 5.41) is 17.0. The summed E-state index contributed by atoms with van der Waals surface area (Å²) in [5.41, 5.74) is 6.74. The van der Waals surface area contributed by atoms with E-state index in [1.165, 1.54) is 27.9 Å². The number of amidine groups is 2. The monoisotopic (exact) mass is 489 g/mol. The molecule has 0 aliphatic carbocycles. The summed E-state index contributed by atoms with van der Waals surface area (Å²) in [6.07, 6.45) is 3.81. The quantitative estimate of drug-likeness (QED) is 0.359. The fourth-order valence-electron chi connectivity index (χ4n) is 4.45. The Bertz CT molecular complexity index is 1640. The van der Waals surface area contributed by atoms with Gasteiger partial charge in [0.2, 0.25) is 5.17 Å². The van der Waals surface area contributed by atoms with Crippen molar-refractivity contribution < 1.29 is 4.79 Å². The largest absolute Gasteiger partial charge is 0.342 e. The maximum Gasteiger partial charge on any atom is 0.283 e. The number of aryl methyl sites for hydroxylation is 2. The van der Waals surface area contributed by atoms with Crippen molar-refractivity contribution in [2.24, 2.45) is 10.1 Å². The summed E-state index contributed by atoms with van der Waals surface area (Å²) < 4.78 is 2.19. The topological polar surface area (TPSA) is 73.8 Å². The van der Waals surface area contributed by atoms with Crippen LogP contribution < -0.4 is 0 Å². The van der Waals surface area contributed by atoms with Crippen molar-refractivity contribution in [3.63, 3.8) is 0 Å². The molecule has 1 aromatic heterocycles. The summed E-state index contributed by atoms with van der Waals surface area (Å²) in [6, 6.07) is 24.5. The zero-order valence-electron chi connectivity index (χ0n) is 19.9. The minimum absolute atomic E-state index is 0.0374. The van der Waals surface area contributed by atoms with E-state index >= 15 is 0 Å². The van der Waals surface area contributed by atoms with Crippen molar-refractivity contribution in [1.29, 1.82) is 5.41 Å². The van der Waals surface area contributed by atoms with E-state index in [9.17, 15) is 4.79 Å². The Morgan fingerprint density at radius 3 is 2.53 bits per heavy atom. The lowest BCUT2D eigenvalue weighted by Gasteiger charge is -2.20. The van der Waals surface area contributed by atoms with Crippen LogP contribution in [0.1, 0.15) is 27.8 Å². The van der Waals surface area contributed by atoms with Crippen molar-refractivity contribution >= 4 is 50.7 Å². The van der Waals surface area contributed by atoms with Crippen molar-refractivity contribution in [3.8, 4) is 0 Å². The number of hydrogen-bond acceptors (Lipinski definition) is 4. The molecule has 3 aromatic carbocycles. The molecule has 2 aliphatic rings. The average Bonchev–Trinajstić information content (AvgIpc) is 3.46. The number of hydrazone groups is 1. The lowest BCUT2D eigenvalue weighted by Crippen LogP contribution is -2.35. The molecule has 0 saturated carbocycles. The molecule has 0 atom stereocenters. The van der Waals surface area contributed by atoms with Crippen LogP contribution in [0.4, 0.5) is 0 Å². The minimum atomic E-state index is -0.421. The molecule has 0 saturated heterocycles. The van der Waals surface area contributed by atoms with E-state index in [1.807, 2.05) is 67.7 Å². The van der Waals surface area contributed by atoms with Crippen molar-refractivity contribution in [2.45, 2.75) is 20.4 Å². The van der Waals surface area contributed by atoms with Gasteiger partial charge in [-0.15, -0.1) is 0 Å². The SMILES string of the molecule is Cc1ccc(C2=NN3C(=N)/C(=C/c4cn(Cc5ccccc5C)c5ccccc45)C(=O)N=C3S2)cc1. The lowest BCUT2D eigenvalue weighted by molar-refractivity contribution is -0.114. The molecule has 7 heteroatoms. The average molecular weight is 490 g/mol. The molecule has 1 amide bonds. The number of amides is 1. The van der Waals surface area contributed by atoms with E-state index in [-0.39, 0.29) is 11.4 Å². The smallest absolute Gasteiger partial charge is 0.283 e. The maximum absolute atomic E-state index is 13.0. The van der Waals surface area contributed by atoms with Crippen molar-refractivity contribution in [2.75, 3.05) is 0 Å². The molecule has 1 N–H and O–H groups in total. The molecule has 6 nitrogen and oxygen atoms in total. The Kier molecular flexibility index (Phi) is 5.42. The standard InChI is InChI=1S/C29H23N5OS/c1-18-11-13-20(14-12-18)28-32-34-26(30)24(27(35)31-29(34)36-28)15-22-17-33(25-10-6-5-9-23(22)25)16-21-8-4-3-7-19(21)2/h3-15,17,30H,16H2,1-2H3/b24-15-,30-26?. The molecular weight excluding hydrogens is 466 g/mol. The third-order valence-electron chi connectivity index (χ3n) is 6.47. The Labute approximate surface area is 213 Å². The van der Waals surface area contributed by atoms with Crippen LogP contribution in [0.3, 0.4) is 0 Å². The summed E-state index contributed by atoms with van der Waals surface area (Å²) >= 11 is 1.31. The van der Waals surface area contributed by atoms with Crippen LogP contribution >= 0.6 is 11.8 Å². The summed E-state index contributed by atoms with van der Waals surface area (Å²) in [6.45, 7) is 4.86. The van der Waals surface area contributed by atoms with Crippen LogP contribution in [0.15, 0.2) is 94.7 Å². The van der Waals surface area contributed by atoms with Gasteiger partial charge in [0.25, 0.3) is 5.91 Å². The first-order valence-corrected chi connectivity index (χ1v) is 12.5. The van der Waals surface area contributed by atoms with Gasteiger partial charge in [0.15, 0.2) is 5.84 Å². The maximum atomic E-state index is 13.0. The van der Waals surface area contributed by atoms with Crippen LogP contribution in [0.25, 0.3) is 17.0 Å². The lowest BCUT2D eigenvalue weighted by atomic mass is 10.1. The van der Waals surface area contributed by atoms with Gasteiger partial charge in [-0.1, -0.05) is 72.3 Å². The minimum Gasteiger partial charge on any atom is -0.342 e. The van der Waals surface area contributed by atoms with Gasteiger partial charge in [-0.05, 0) is 48.9 Å². The summed E-state index contributed by atoms with van der Waals surface area (Å²) in [7, 11) is 0. The van der Waals surface area contributed by atoms with E-state index in [0.29, 0.717) is 5.17 Å². The van der Waals surface area contributed by atoms with Crippen molar-refractivity contribution in [1.82, 2.24) is 9.58 Å². The second-order valence-electron chi connectivity index (χ2n) is 8.95. The fourth-order valence-corrected chi connectivity index (χ4v) is 5.35. The van der Waals surface area contributed by atoms with E-state index in [1.54, 1.807) is 6.08 Å². The Hall–Kier alpha value is -4.23. The summed E-state index contributed by atoms with van der Waals surface area (Å²) in [5.74, 6) is -0.384. The molecule has 6 rings (SSSR count). The van der Waals surface area contributed by atoms with Gasteiger partial charge in [-0.2, -0.15) is 15.1 Å². The van der Waals surface area contributed by atoms with E-state index in [0.717, 1.165) is 39.2 Å². The number of para-hydroxylation sites is 1. The van der Waals surface area contributed by atoms with Gasteiger partial charge >= 0.3 is 0 Å². The number of hydrogen-bond donors (Lipinski definition) is 1. The molecule has 176 valence electrons. The van der Waals surface area contributed by atoms with E-state index < -0.39 is 5.91 Å². The highest BCUT2D eigenvalue weighted by Crippen LogP contribution is 2.32. The molecule has 3 heterocycles. The number of benzene rings is 3. The number of nitrogens with one attached hydrogen (secondary N) is 1. The molecule has 0 unspecified atom stereocenters. The fraction of sp³-hybridized carbons (Fsp3) is 0.103. The van der Waals surface area contributed by atoms with Crippen molar-refractivity contribution in [3.05, 3.63) is 112 Å². The molecule has 4 aromatic rings. The first kappa shape index (κ1) is 22.2. The Balaban J connectivity index is 1.38.